The molecular formula is C20H33ClO8P2. The van der Waals surface area contributed by atoms with Crippen molar-refractivity contribution in [3.63, 3.8) is 0 Å². The summed E-state index contributed by atoms with van der Waals surface area (Å²) < 4.78 is 53.9. The zero-order chi connectivity index (χ0) is 23.3. The number of hydrogen-bond donors (Lipinski definition) is 0. The molecule has 0 radical (unpaired) electrons. The van der Waals surface area contributed by atoms with Crippen molar-refractivity contribution in [2.24, 2.45) is 0 Å². The maximum absolute atomic E-state index is 13.4. The van der Waals surface area contributed by atoms with Crippen LogP contribution in [0.1, 0.15) is 52.5 Å². The Balaban J connectivity index is 2.92. The third-order valence-corrected chi connectivity index (χ3v) is 10.6. The molecule has 1 rings (SSSR count). The minimum atomic E-state index is -3.82. The quantitative estimate of drug-likeness (QED) is 0.112. The van der Waals surface area contributed by atoms with Crippen molar-refractivity contribution in [1.82, 2.24) is 0 Å². The Morgan fingerprint density at radius 3 is 1.71 bits per heavy atom. The van der Waals surface area contributed by atoms with Gasteiger partial charge in [0.1, 0.15) is 5.75 Å². The summed E-state index contributed by atoms with van der Waals surface area (Å²) in [4.78, 5) is 12.2. The molecule has 11 heteroatoms. The number of carbonyl (C=O) groups excluding carboxylic acids is 1. The van der Waals surface area contributed by atoms with Gasteiger partial charge < -0.3 is 22.8 Å². The molecule has 1 aromatic carbocycles. The molecule has 0 aliphatic rings. The van der Waals surface area contributed by atoms with Crippen molar-refractivity contribution in [2.75, 3.05) is 26.4 Å². The first kappa shape index (κ1) is 28.3. The lowest BCUT2D eigenvalue weighted by atomic mass is 10.2. The van der Waals surface area contributed by atoms with Crippen LogP contribution < -0.4 is 4.74 Å². The first-order valence-corrected chi connectivity index (χ1v) is 14.2. The van der Waals surface area contributed by atoms with Crippen molar-refractivity contribution in [2.45, 2.75) is 58.2 Å². The number of rotatable bonds is 16. The lowest BCUT2D eigenvalue weighted by molar-refractivity contribution is -0.134. The van der Waals surface area contributed by atoms with Crippen molar-refractivity contribution in [3.05, 3.63) is 29.8 Å². The molecule has 0 atom stereocenters. The van der Waals surface area contributed by atoms with Crippen LogP contribution >= 0.6 is 26.8 Å². The second kappa shape index (κ2) is 14.4. The molecule has 31 heavy (non-hydrogen) atoms. The van der Waals surface area contributed by atoms with E-state index >= 15 is 0 Å². The molecule has 0 aliphatic heterocycles. The maximum atomic E-state index is 13.4. The summed E-state index contributed by atoms with van der Waals surface area (Å²) in [5.41, 5.74) is 0.912. The highest BCUT2D eigenvalue weighted by atomic mass is 35.5. The summed E-state index contributed by atoms with van der Waals surface area (Å²) in [5.74, 6) is 0.302. The SMILES string of the molecule is CCOP(=O)(OCC)C(CCCC(=O)Oc1ccc(CCl)cc1)P(=O)(OCC)OCC. The molecule has 0 saturated carbocycles. The fourth-order valence-electron chi connectivity index (χ4n) is 2.89. The molecule has 0 N–H and O–H groups in total. The molecule has 0 heterocycles. The Hall–Kier alpha value is -0.720. The number of esters is 1. The Morgan fingerprint density at radius 2 is 1.32 bits per heavy atom. The largest absolute Gasteiger partial charge is 0.427 e. The van der Waals surface area contributed by atoms with Gasteiger partial charge in [-0.1, -0.05) is 12.1 Å². The molecule has 1 aromatic rings. The van der Waals surface area contributed by atoms with Gasteiger partial charge in [0, 0.05) is 12.3 Å². The zero-order valence-corrected chi connectivity index (χ0v) is 21.1. The summed E-state index contributed by atoms with van der Waals surface area (Å²) in [6.07, 6.45) is 0.330. The topological polar surface area (TPSA) is 97.4 Å². The smallest absolute Gasteiger partial charge is 0.345 e. The second-order valence-corrected chi connectivity index (χ2v) is 11.5. The van der Waals surface area contributed by atoms with Crippen LogP contribution in [0.3, 0.4) is 0 Å². The number of hydrogen-bond acceptors (Lipinski definition) is 8. The van der Waals surface area contributed by atoms with E-state index in [9.17, 15) is 13.9 Å². The Morgan fingerprint density at radius 1 is 0.871 bits per heavy atom. The highest BCUT2D eigenvalue weighted by Gasteiger charge is 2.50. The molecule has 0 aromatic heterocycles. The Bertz CT molecular complexity index is 706. The van der Waals surface area contributed by atoms with Crippen LogP contribution in [0.5, 0.6) is 5.75 Å². The average Bonchev–Trinajstić information content (AvgIpc) is 2.72. The highest BCUT2D eigenvalue weighted by molar-refractivity contribution is 7.72. The summed E-state index contributed by atoms with van der Waals surface area (Å²) >= 11 is 5.75. The second-order valence-electron chi connectivity index (χ2n) is 6.38. The van der Waals surface area contributed by atoms with Crippen molar-refractivity contribution in [3.8, 4) is 5.75 Å². The van der Waals surface area contributed by atoms with E-state index < -0.39 is 26.6 Å². The van der Waals surface area contributed by atoms with E-state index in [1.165, 1.54) is 0 Å². The van der Waals surface area contributed by atoms with Gasteiger partial charge in [0.15, 0.2) is 5.40 Å². The van der Waals surface area contributed by atoms with Crippen molar-refractivity contribution < 1.29 is 36.8 Å². The predicted octanol–water partition coefficient (Wildman–Crippen LogP) is 6.36. The van der Waals surface area contributed by atoms with Crippen LogP contribution in [0.2, 0.25) is 0 Å². The van der Waals surface area contributed by atoms with Gasteiger partial charge in [-0.25, -0.2) is 0 Å². The number of benzene rings is 1. The molecule has 0 saturated heterocycles. The lowest BCUT2D eigenvalue weighted by Gasteiger charge is -2.31. The highest BCUT2D eigenvalue weighted by Crippen LogP contribution is 2.71. The van der Waals surface area contributed by atoms with Crippen LogP contribution in [-0.4, -0.2) is 37.8 Å². The van der Waals surface area contributed by atoms with Gasteiger partial charge in [-0.05, 0) is 58.2 Å². The van der Waals surface area contributed by atoms with Gasteiger partial charge in [-0.2, -0.15) is 0 Å². The number of alkyl halides is 1. The van der Waals surface area contributed by atoms with E-state index in [4.69, 9.17) is 34.4 Å². The van der Waals surface area contributed by atoms with Gasteiger partial charge in [0.2, 0.25) is 0 Å². The van der Waals surface area contributed by atoms with Gasteiger partial charge in [-0.3, -0.25) is 13.9 Å². The van der Waals surface area contributed by atoms with Gasteiger partial charge >= 0.3 is 21.2 Å². The zero-order valence-electron chi connectivity index (χ0n) is 18.6. The summed E-state index contributed by atoms with van der Waals surface area (Å²) in [7, 11) is -7.65. The molecule has 0 aliphatic carbocycles. The number of halogens is 1. The summed E-state index contributed by atoms with van der Waals surface area (Å²) in [5, 5.41) is -1.14. The van der Waals surface area contributed by atoms with E-state index in [0.717, 1.165) is 5.56 Å². The fourth-order valence-corrected chi connectivity index (χ4v) is 8.52. The minimum absolute atomic E-state index is 0.0181. The van der Waals surface area contributed by atoms with Gasteiger partial charge in [0.05, 0.1) is 26.4 Å². The minimum Gasteiger partial charge on any atom is -0.427 e. The molecule has 0 spiro atoms. The van der Waals surface area contributed by atoms with Crippen LogP contribution in [-0.2, 0) is 37.9 Å². The van der Waals surface area contributed by atoms with Crippen LogP contribution in [0.4, 0.5) is 0 Å². The molecule has 0 amide bonds. The van der Waals surface area contributed by atoms with E-state index in [0.29, 0.717) is 11.6 Å². The predicted molar refractivity (Wildman–Crippen MR) is 121 cm³/mol. The first-order chi connectivity index (χ1) is 14.8. The normalized spacial score (nSPS) is 12.3. The monoisotopic (exact) mass is 498 g/mol. The third kappa shape index (κ3) is 8.97. The van der Waals surface area contributed by atoms with E-state index in [1.54, 1.807) is 52.0 Å². The van der Waals surface area contributed by atoms with Gasteiger partial charge in [-0.15, -0.1) is 11.6 Å². The lowest BCUT2D eigenvalue weighted by Crippen LogP contribution is -2.19. The van der Waals surface area contributed by atoms with E-state index in [-0.39, 0.29) is 45.7 Å². The fraction of sp³-hybridized carbons (Fsp3) is 0.650. The molecule has 8 nitrogen and oxygen atoms in total. The van der Waals surface area contributed by atoms with E-state index in [2.05, 4.69) is 0 Å². The molecule has 0 fully saturated rings. The molecule has 0 bridgehead atoms. The van der Waals surface area contributed by atoms with Crippen LogP contribution in [0.25, 0.3) is 0 Å². The number of ether oxygens (including phenoxy) is 1. The van der Waals surface area contributed by atoms with Crippen molar-refractivity contribution >= 4 is 32.8 Å². The molecule has 0 unspecified atom stereocenters. The van der Waals surface area contributed by atoms with Crippen molar-refractivity contribution in [1.29, 1.82) is 0 Å². The van der Waals surface area contributed by atoms with E-state index in [1.807, 2.05) is 0 Å². The standard InChI is InChI=1S/C20H33ClO8P2/c1-5-25-30(23,26-6-2)20(31(24,27-7-3)28-8-4)11-9-10-19(22)29-18-14-12-17(16-21)13-15-18/h12-15,20H,5-11,16H2,1-4H3. The Labute approximate surface area is 189 Å². The number of carbonyl (C=O) groups is 1. The maximum Gasteiger partial charge on any atom is 0.345 e. The summed E-state index contributed by atoms with van der Waals surface area (Å²) in [6.45, 7) is 7.09. The molecular weight excluding hydrogens is 466 g/mol. The van der Waals surface area contributed by atoms with Crippen LogP contribution in [0, 0.1) is 0 Å². The third-order valence-electron chi connectivity index (χ3n) is 4.12. The van der Waals surface area contributed by atoms with Crippen LogP contribution in [0.15, 0.2) is 24.3 Å². The van der Waals surface area contributed by atoms with Gasteiger partial charge in [0.25, 0.3) is 0 Å². The molecule has 178 valence electrons. The Kier molecular flexibility index (Phi) is 13.2. The summed E-state index contributed by atoms with van der Waals surface area (Å²) in [6, 6.07) is 6.86. The average molecular weight is 499 g/mol. The first-order valence-electron chi connectivity index (χ1n) is 10.4.